The lowest BCUT2D eigenvalue weighted by atomic mass is 10.2. The lowest BCUT2D eigenvalue weighted by Gasteiger charge is -2.17. The maximum absolute atomic E-state index is 12.3. The van der Waals surface area contributed by atoms with Crippen LogP contribution >= 0.6 is 0 Å². The first-order chi connectivity index (χ1) is 7.51. The molecule has 0 aromatic heterocycles. The smallest absolute Gasteiger partial charge is 0.243 e. The predicted molar refractivity (Wildman–Crippen MR) is 62.5 cm³/mol. The van der Waals surface area contributed by atoms with Crippen LogP contribution in [0.2, 0.25) is 0 Å². The van der Waals surface area contributed by atoms with Gasteiger partial charge < -0.3 is 5.73 Å². The van der Waals surface area contributed by atoms with Gasteiger partial charge in [-0.3, -0.25) is 0 Å². The Hall–Kier alpha value is -0.910. The zero-order chi connectivity index (χ0) is 11.8. The van der Waals surface area contributed by atoms with Crippen LogP contribution < -0.4 is 5.73 Å². The fraction of sp³-hybridized carbons (Fsp3) is 0.455. The molecule has 1 aromatic carbocycles. The van der Waals surface area contributed by atoms with E-state index in [1.807, 2.05) is 19.1 Å². The Balaban J connectivity index is 2.36. The minimum absolute atomic E-state index is 0.0289. The van der Waals surface area contributed by atoms with E-state index in [4.69, 9.17) is 5.73 Å². The van der Waals surface area contributed by atoms with Crippen LogP contribution in [0.15, 0.2) is 29.2 Å². The molecule has 0 aliphatic carbocycles. The highest BCUT2D eigenvalue weighted by molar-refractivity contribution is 7.89. The molecule has 2 N–H and O–H groups in total. The normalized spacial score (nSPS) is 22.5. The van der Waals surface area contributed by atoms with E-state index >= 15 is 0 Å². The van der Waals surface area contributed by atoms with E-state index < -0.39 is 10.0 Å². The van der Waals surface area contributed by atoms with E-state index in [9.17, 15) is 8.42 Å². The Morgan fingerprint density at radius 3 is 2.62 bits per heavy atom. The van der Waals surface area contributed by atoms with Gasteiger partial charge in [-0.15, -0.1) is 0 Å². The van der Waals surface area contributed by atoms with Crippen molar-refractivity contribution in [3.05, 3.63) is 29.8 Å². The molecule has 1 aliphatic rings. The fourth-order valence-corrected chi connectivity index (χ4v) is 3.69. The molecule has 1 saturated heterocycles. The van der Waals surface area contributed by atoms with E-state index in [0.29, 0.717) is 18.0 Å². The molecule has 1 fully saturated rings. The van der Waals surface area contributed by atoms with E-state index in [0.717, 1.165) is 12.0 Å². The van der Waals surface area contributed by atoms with Gasteiger partial charge in [-0.1, -0.05) is 18.2 Å². The van der Waals surface area contributed by atoms with Gasteiger partial charge in [0.15, 0.2) is 0 Å². The van der Waals surface area contributed by atoms with Crippen molar-refractivity contribution in [3.63, 3.8) is 0 Å². The zero-order valence-corrected chi connectivity index (χ0v) is 10.1. The first kappa shape index (κ1) is 11.6. The SMILES string of the molecule is Cc1ccccc1S(=O)(=O)N1CCC(N)C1. The molecule has 16 heavy (non-hydrogen) atoms. The molecule has 88 valence electrons. The fourth-order valence-electron chi connectivity index (χ4n) is 1.96. The van der Waals surface area contributed by atoms with Crippen molar-refractivity contribution < 1.29 is 8.42 Å². The molecule has 0 radical (unpaired) electrons. The molecule has 0 saturated carbocycles. The Morgan fingerprint density at radius 1 is 1.38 bits per heavy atom. The van der Waals surface area contributed by atoms with Crippen molar-refractivity contribution >= 4 is 10.0 Å². The summed E-state index contributed by atoms with van der Waals surface area (Å²) in [5.74, 6) is 0. The second-order valence-corrected chi connectivity index (χ2v) is 6.08. The number of hydrogen-bond acceptors (Lipinski definition) is 3. The van der Waals surface area contributed by atoms with Crippen LogP contribution in [0.1, 0.15) is 12.0 Å². The highest BCUT2D eigenvalue weighted by Crippen LogP contribution is 2.22. The topological polar surface area (TPSA) is 63.4 Å². The zero-order valence-electron chi connectivity index (χ0n) is 9.26. The van der Waals surface area contributed by atoms with Crippen molar-refractivity contribution in [1.82, 2.24) is 4.31 Å². The molecule has 5 heteroatoms. The van der Waals surface area contributed by atoms with Crippen molar-refractivity contribution in [2.45, 2.75) is 24.3 Å². The molecule has 2 rings (SSSR count). The number of nitrogens with two attached hydrogens (primary N) is 1. The summed E-state index contributed by atoms with van der Waals surface area (Å²) < 4.78 is 26.0. The van der Waals surface area contributed by atoms with Gasteiger partial charge in [0.2, 0.25) is 10.0 Å². The number of benzene rings is 1. The van der Waals surface area contributed by atoms with Gasteiger partial charge in [0.05, 0.1) is 4.90 Å². The molecule has 4 nitrogen and oxygen atoms in total. The van der Waals surface area contributed by atoms with Crippen molar-refractivity contribution in [2.75, 3.05) is 13.1 Å². The van der Waals surface area contributed by atoms with Crippen molar-refractivity contribution in [1.29, 1.82) is 0 Å². The molecule has 1 aromatic rings. The molecule has 0 bridgehead atoms. The molecular weight excluding hydrogens is 224 g/mol. The van der Waals surface area contributed by atoms with Gasteiger partial charge in [-0.2, -0.15) is 4.31 Å². The van der Waals surface area contributed by atoms with Crippen LogP contribution in [-0.4, -0.2) is 31.9 Å². The summed E-state index contributed by atoms with van der Waals surface area (Å²) in [4.78, 5) is 0.393. The standard InChI is InChI=1S/C11H16N2O2S/c1-9-4-2-3-5-11(9)16(14,15)13-7-6-10(12)8-13/h2-5,10H,6-8,12H2,1H3. The monoisotopic (exact) mass is 240 g/mol. The third kappa shape index (κ3) is 1.98. The molecule has 1 unspecified atom stereocenters. The third-order valence-corrected chi connectivity index (χ3v) is 4.92. The Labute approximate surface area is 96.1 Å². The summed E-state index contributed by atoms with van der Waals surface area (Å²) in [6.45, 7) is 2.76. The predicted octanol–water partition coefficient (Wildman–Crippen LogP) is 0.717. The lowest BCUT2D eigenvalue weighted by molar-refractivity contribution is 0.472. The number of rotatable bonds is 2. The first-order valence-corrected chi connectivity index (χ1v) is 6.77. The van der Waals surface area contributed by atoms with E-state index in [-0.39, 0.29) is 6.04 Å². The molecule has 1 aliphatic heterocycles. The van der Waals surface area contributed by atoms with Gasteiger partial charge in [-0.05, 0) is 25.0 Å². The summed E-state index contributed by atoms with van der Waals surface area (Å²) in [5, 5.41) is 0. The van der Waals surface area contributed by atoms with Gasteiger partial charge in [0, 0.05) is 19.1 Å². The van der Waals surface area contributed by atoms with Crippen LogP contribution in [0, 0.1) is 6.92 Å². The second-order valence-electron chi connectivity index (χ2n) is 4.18. The minimum Gasteiger partial charge on any atom is -0.326 e. The summed E-state index contributed by atoms with van der Waals surface area (Å²) in [6.07, 6.45) is 0.741. The van der Waals surface area contributed by atoms with Gasteiger partial charge in [-0.25, -0.2) is 8.42 Å². The van der Waals surface area contributed by atoms with Crippen LogP contribution in [0.25, 0.3) is 0 Å². The minimum atomic E-state index is -3.35. The Bertz CT molecular complexity index is 485. The van der Waals surface area contributed by atoms with Crippen molar-refractivity contribution in [3.8, 4) is 0 Å². The summed E-state index contributed by atoms with van der Waals surface area (Å²) in [6, 6.07) is 7.01. The quantitative estimate of drug-likeness (QED) is 0.828. The Kier molecular flexibility index (Phi) is 3.01. The molecular formula is C11H16N2O2S. The highest BCUT2D eigenvalue weighted by atomic mass is 32.2. The highest BCUT2D eigenvalue weighted by Gasteiger charge is 2.31. The average Bonchev–Trinajstić information content (AvgIpc) is 2.66. The van der Waals surface area contributed by atoms with Crippen LogP contribution in [0.4, 0.5) is 0 Å². The third-order valence-electron chi connectivity index (χ3n) is 2.90. The van der Waals surface area contributed by atoms with E-state index in [2.05, 4.69) is 0 Å². The van der Waals surface area contributed by atoms with E-state index in [1.165, 1.54) is 4.31 Å². The number of hydrogen-bond donors (Lipinski definition) is 1. The number of nitrogens with zero attached hydrogens (tertiary/aromatic N) is 1. The largest absolute Gasteiger partial charge is 0.326 e. The number of sulfonamides is 1. The summed E-state index contributed by atoms with van der Waals surface area (Å²) in [7, 11) is -3.35. The van der Waals surface area contributed by atoms with Crippen molar-refractivity contribution in [2.24, 2.45) is 5.73 Å². The molecule has 0 spiro atoms. The lowest BCUT2D eigenvalue weighted by Crippen LogP contribution is -2.32. The average molecular weight is 240 g/mol. The van der Waals surface area contributed by atoms with Gasteiger partial charge >= 0.3 is 0 Å². The van der Waals surface area contributed by atoms with Crippen LogP contribution in [-0.2, 0) is 10.0 Å². The number of aryl methyl sites for hydroxylation is 1. The molecule has 0 amide bonds. The van der Waals surface area contributed by atoms with E-state index in [1.54, 1.807) is 12.1 Å². The molecule has 1 atom stereocenters. The maximum Gasteiger partial charge on any atom is 0.243 e. The first-order valence-electron chi connectivity index (χ1n) is 5.33. The van der Waals surface area contributed by atoms with Crippen LogP contribution in [0.3, 0.4) is 0 Å². The Morgan fingerprint density at radius 2 is 2.06 bits per heavy atom. The second kappa shape index (κ2) is 4.16. The van der Waals surface area contributed by atoms with Crippen LogP contribution in [0.5, 0.6) is 0 Å². The molecule has 1 heterocycles. The summed E-state index contributed by atoms with van der Waals surface area (Å²) in [5.41, 5.74) is 6.51. The van der Waals surface area contributed by atoms with Gasteiger partial charge in [0.1, 0.15) is 0 Å². The maximum atomic E-state index is 12.3. The summed E-state index contributed by atoms with van der Waals surface area (Å²) >= 11 is 0. The van der Waals surface area contributed by atoms with Gasteiger partial charge in [0.25, 0.3) is 0 Å².